The highest BCUT2D eigenvalue weighted by atomic mass is 35.5. The van der Waals surface area contributed by atoms with E-state index in [0.717, 1.165) is 36.9 Å². The highest BCUT2D eigenvalue weighted by Gasteiger charge is 2.35. The number of pyridine rings is 1. The van der Waals surface area contributed by atoms with Crippen LogP contribution in [0, 0.1) is 16.0 Å². The van der Waals surface area contributed by atoms with Crippen LogP contribution < -0.4 is 5.32 Å². The molecule has 2 unspecified atom stereocenters. The second-order valence-electron chi connectivity index (χ2n) is 7.19. The first-order valence-corrected chi connectivity index (χ1v) is 9.07. The van der Waals surface area contributed by atoms with Crippen LogP contribution in [0.1, 0.15) is 44.9 Å². The number of halogens is 1. The number of nitrogens with zero attached hydrogens (tertiary/aromatic N) is 2. The van der Waals surface area contributed by atoms with E-state index in [1.54, 1.807) is 0 Å². The molecule has 1 fully saturated rings. The van der Waals surface area contributed by atoms with E-state index in [0.29, 0.717) is 18.8 Å². The van der Waals surface area contributed by atoms with Crippen molar-refractivity contribution in [2.24, 2.45) is 5.92 Å². The Balaban J connectivity index is 1.84. The van der Waals surface area contributed by atoms with Gasteiger partial charge in [0, 0.05) is 23.7 Å². The second-order valence-corrected chi connectivity index (χ2v) is 7.55. The maximum atomic E-state index is 11.5. The van der Waals surface area contributed by atoms with Crippen LogP contribution in [-0.4, -0.2) is 35.0 Å². The van der Waals surface area contributed by atoms with Crippen molar-refractivity contribution in [3.8, 4) is 0 Å². The number of aryl methyl sites for hydroxylation is 1. The Morgan fingerprint density at radius 3 is 2.80 bits per heavy atom. The Bertz CT molecular complexity index is 680. The zero-order valence-electron chi connectivity index (χ0n) is 14.8. The summed E-state index contributed by atoms with van der Waals surface area (Å²) in [5.41, 5.74) is 2.17. The molecule has 1 aliphatic carbocycles. The lowest BCUT2D eigenvalue weighted by molar-refractivity contribution is -0.384. The van der Waals surface area contributed by atoms with Gasteiger partial charge in [-0.15, -0.1) is 0 Å². The van der Waals surface area contributed by atoms with Crippen molar-refractivity contribution in [2.45, 2.75) is 58.3 Å². The van der Waals surface area contributed by atoms with Gasteiger partial charge in [-0.1, -0.05) is 11.6 Å². The van der Waals surface area contributed by atoms with Crippen molar-refractivity contribution in [3.05, 3.63) is 26.5 Å². The van der Waals surface area contributed by atoms with E-state index >= 15 is 0 Å². The van der Waals surface area contributed by atoms with Crippen molar-refractivity contribution in [3.63, 3.8) is 0 Å². The van der Waals surface area contributed by atoms with Crippen molar-refractivity contribution in [1.29, 1.82) is 0 Å². The predicted octanol–water partition coefficient (Wildman–Crippen LogP) is 3.72. The SMILES string of the molecule is CC1OC(C)(C)OCC1CNc1c2c(nc(Cl)c1[N+](=O)[O-])CCCC2. The number of hydrogen-bond acceptors (Lipinski definition) is 6. The minimum Gasteiger partial charge on any atom is -0.379 e. The van der Waals surface area contributed by atoms with Gasteiger partial charge in [-0.25, -0.2) is 4.98 Å². The van der Waals surface area contributed by atoms with Gasteiger partial charge in [0.25, 0.3) is 0 Å². The molecule has 0 saturated carbocycles. The van der Waals surface area contributed by atoms with Crippen molar-refractivity contribution in [2.75, 3.05) is 18.5 Å². The van der Waals surface area contributed by atoms with E-state index in [9.17, 15) is 10.1 Å². The molecule has 1 aliphatic heterocycles. The van der Waals surface area contributed by atoms with Crippen molar-refractivity contribution in [1.82, 2.24) is 4.98 Å². The fourth-order valence-corrected chi connectivity index (χ4v) is 3.80. The predicted molar refractivity (Wildman–Crippen MR) is 95.1 cm³/mol. The zero-order valence-corrected chi connectivity index (χ0v) is 15.6. The van der Waals surface area contributed by atoms with Gasteiger partial charge in [0.05, 0.1) is 17.6 Å². The fraction of sp³-hybridized carbons (Fsp3) is 0.706. The molecule has 2 atom stereocenters. The van der Waals surface area contributed by atoms with Crippen LogP contribution in [0.2, 0.25) is 5.15 Å². The van der Waals surface area contributed by atoms with Gasteiger partial charge >= 0.3 is 5.69 Å². The summed E-state index contributed by atoms with van der Waals surface area (Å²) in [6, 6.07) is 0. The maximum absolute atomic E-state index is 11.5. The number of nitro groups is 1. The summed E-state index contributed by atoms with van der Waals surface area (Å²) in [6.45, 7) is 6.83. The third-order valence-corrected chi connectivity index (χ3v) is 5.17. The zero-order chi connectivity index (χ0) is 18.2. The highest BCUT2D eigenvalue weighted by Crippen LogP contribution is 2.39. The smallest absolute Gasteiger partial charge is 0.329 e. The van der Waals surface area contributed by atoms with Crippen LogP contribution >= 0.6 is 11.6 Å². The first kappa shape index (κ1) is 18.4. The molecular weight excluding hydrogens is 346 g/mol. The molecule has 0 spiro atoms. The van der Waals surface area contributed by atoms with Crippen LogP contribution in [-0.2, 0) is 22.3 Å². The monoisotopic (exact) mass is 369 g/mol. The molecule has 1 aromatic heterocycles. The molecule has 7 nitrogen and oxygen atoms in total. The Kier molecular flexibility index (Phi) is 5.18. The largest absolute Gasteiger partial charge is 0.379 e. The maximum Gasteiger partial charge on any atom is 0.329 e. The van der Waals surface area contributed by atoms with Crippen molar-refractivity contribution < 1.29 is 14.4 Å². The molecule has 1 saturated heterocycles. The third kappa shape index (κ3) is 3.88. The standard InChI is InChI=1S/C17H24ClN3O4/c1-10-11(9-24-17(2,3)25-10)8-19-14-12-6-4-5-7-13(12)20-16(18)15(14)21(22)23/h10-11H,4-9H2,1-3H3,(H,19,20). The Morgan fingerprint density at radius 1 is 1.40 bits per heavy atom. The van der Waals surface area contributed by atoms with E-state index in [2.05, 4.69) is 10.3 Å². The van der Waals surface area contributed by atoms with Gasteiger partial charge in [0.15, 0.2) is 5.79 Å². The molecule has 2 aliphatic rings. The molecule has 0 amide bonds. The van der Waals surface area contributed by atoms with E-state index in [4.69, 9.17) is 21.1 Å². The molecule has 1 aromatic rings. The summed E-state index contributed by atoms with van der Waals surface area (Å²) in [4.78, 5) is 15.3. The van der Waals surface area contributed by atoms with Gasteiger partial charge in [0.2, 0.25) is 5.15 Å². The van der Waals surface area contributed by atoms with E-state index < -0.39 is 10.7 Å². The van der Waals surface area contributed by atoms with Crippen molar-refractivity contribution >= 4 is 23.0 Å². The summed E-state index contributed by atoms with van der Waals surface area (Å²) >= 11 is 6.11. The topological polar surface area (TPSA) is 86.5 Å². The first-order chi connectivity index (χ1) is 11.8. The molecule has 25 heavy (non-hydrogen) atoms. The minimum atomic E-state index is -0.596. The van der Waals surface area contributed by atoms with Crippen LogP contribution in [0.15, 0.2) is 0 Å². The van der Waals surface area contributed by atoms with Gasteiger partial charge in [-0.2, -0.15) is 0 Å². The quantitative estimate of drug-likeness (QED) is 0.494. The molecule has 0 radical (unpaired) electrons. The van der Waals surface area contributed by atoms with Crippen LogP contribution in [0.25, 0.3) is 0 Å². The first-order valence-electron chi connectivity index (χ1n) is 8.70. The second kappa shape index (κ2) is 7.05. The normalized spacial score (nSPS) is 25.3. The molecular formula is C17H24ClN3O4. The van der Waals surface area contributed by atoms with E-state index in [-0.39, 0.29) is 22.9 Å². The summed E-state index contributed by atoms with van der Waals surface area (Å²) in [5, 5.41) is 14.7. The van der Waals surface area contributed by atoms with E-state index in [1.165, 1.54) is 0 Å². The molecule has 0 aromatic carbocycles. The summed E-state index contributed by atoms with van der Waals surface area (Å²) in [7, 11) is 0. The van der Waals surface area contributed by atoms with Crippen LogP contribution in [0.5, 0.6) is 0 Å². The van der Waals surface area contributed by atoms with Crippen LogP contribution in [0.3, 0.4) is 0 Å². The lowest BCUT2D eigenvalue weighted by Crippen LogP contribution is -2.46. The molecule has 1 N–H and O–H groups in total. The number of anilines is 1. The number of hydrogen-bond donors (Lipinski definition) is 1. The molecule has 0 bridgehead atoms. The number of nitrogens with one attached hydrogen (secondary N) is 1. The average Bonchev–Trinajstić information content (AvgIpc) is 2.52. The summed E-state index contributed by atoms with van der Waals surface area (Å²) in [6.07, 6.45) is 3.61. The van der Waals surface area contributed by atoms with Gasteiger partial charge in [0.1, 0.15) is 5.69 Å². The number of fused-ring (bicyclic) bond motifs is 1. The summed E-state index contributed by atoms with van der Waals surface area (Å²) in [5.74, 6) is -0.500. The fourth-order valence-electron chi connectivity index (χ4n) is 3.54. The molecule has 3 rings (SSSR count). The van der Waals surface area contributed by atoms with Gasteiger partial charge in [-0.05, 0) is 46.5 Å². The minimum absolute atomic E-state index is 0.0107. The average molecular weight is 370 g/mol. The molecule has 8 heteroatoms. The number of ether oxygens (including phenoxy) is 2. The number of rotatable bonds is 4. The molecule has 2 heterocycles. The molecule has 138 valence electrons. The lowest BCUT2D eigenvalue weighted by atomic mass is 9.93. The number of aromatic nitrogens is 1. The van der Waals surface area contributed by atoms with Crippen LogP contribution in [0.4, 0.5) is 11.4 Å². The summed E-state index contributed by atoms with van der Waals surface area (Å²) < 4.78 is 11.6. The third-order valence-electron chi connectivity index (χ3n) is 4.91. The Labute approximate surface area is 152 Å². The Morgan fingerprint density at radius 2 is 2.12 bits per heavy atom. The Hall–Kier alpha value is -1.44. The highest BCUT2D eigenvalue weighted by molar-refractivity contribution is 6.32. The van der Waals surface area contributed by atoms with Gasteiger partial charge in [-0.3, -0.25) is 10.1 Å². The lowest BCUT2D eigenvalue weighted by Gasteiger charge is -2.39. The van der Waals surface area contributed by atoms with E-state index in [1.807, 2.05) is 20.8 Å². The van der Waals surface area contributed by atoms with Gasteiger partial charge < -0.3 is 14.8 Å².